The molecule has 1 aliphatic heterocycles. The summed E-state index contributed by atoms with van der Waals surface area (Å²) >= 11 is 0. The van der Waals surface area contributed by atoms with E-state index in [2.05, 4.69) is 0 Å². The van der Waals surface area contributed by atoms with Crippen LogP contribution in [0.4, 0.5) is 8.78 Å². The van der Waals surface area contributed by atoms with Crippen molar-refractivity contribution in [1.29, 1.82) is 0 Å². The number of carboxylic acids is 1. The normalized spacial score (nSPS) is 21.9. The van der Waals surface area contributed by atoms with Crippen LogP contribution in [0.2, 0.25) is 0 Å². The van der Waals surface area contributed by atoms with Crippen LogP contribution in [0.3, 0.4) is 0 Å². The van der Waals surface area contributed by atoms with Gasteiger partial charge >= 0.3 is 11.9 Å². The predicted molar refractivity (Wildman–Crippen MR) is 73.5 cm³/mol. The summed E-state index contributed by atoms with van der Waals surface area (Å²) in [7, 11) is 1.34. The summed E-state index contributed by atoms with van der Waals surface area (Å²) in [5.74, 6) is -6.20. The Bertz CT molecular complexity index is 564. The monoisotopic (exact) mass is 313 g/mol. The molecule has 0 bridgehead atoms. The molecule has 1 heterocycles. The second kappa shape index (κ2) is 6.00. The molecule has 1 atom stereocenters. The van der Waals surface area contributed by atoms with Crippen LogP contribution < -0.4 is 0 Å². The van der Waals surface area contributed by atoms with Crippen LogP contribution in [0.5, 0.6) is 0 Å². The van der Waals surface area contributed by atoms with Gasteiger partial charge in [-0.15, -0.1) is 0 Å². The molecule has 2 rings (SSSR count). The number of likely N-dealkylation sites (tertiary alicyclic amines) is 1. The maximum atomic E-state index is 14.3. The van der Waals surface area contributed by atoms with Crippen LogP contribution in [0.25, 0.3) is 0 Å². The first-order valence-electron chi connectivity index (χ1n) is 6.78. The van der Waals surface area contributed by atoms with Gasteiger partial charge in [0, 0.05) is 25.8 Å². The van der Waals surface area contributed by atoms with Crippen molar-refractivity contribution < 1.29 is 28.2 Å². The number of rotatable bonds is 5. The lowest BCUT2D eigenvalue weighted by atomic mass is 9.88. The highest BCUT2D eigenvalue weighted by atomic mass is 19.3. The lowest BCUT2D eigenvalue weighted by Gasteiger charge is -2.26. The van der Waals surface area contributed by atoms with Gasteiger partial charge in [0.25, 0.3) is 5.91 Å². The molecule has 7 heteroatoms. The smallest absolute Gasteiger partial charge is 0.349 e. The number of methoxy groups -OCH3 is 1. The van der Waals surface area contributed by atoms with E-state index in [1.54, 1.807) is 6.07 Å². The van der Waals surface area contributed by atoms with E-state index in [9.17, 15) is 23.5 Å². The molecule has 5 nitrogen and oxygen atoms in total. The van der Waals surface area contributed by atoms with Crippen molar-refractivity contribution in [2.45, 2.75) is 12.3 Å². The van der Waals surface area contributed by atoms with Crippen molar-refractivity contribution >= 4 is 11.9 Å². The van der Waals surface area contributed by atoms with Crippen molar-refractivity contribution in [3.05, 3.63) is 35.9 Å². The molecule has 22 heavy (non-hydrogen) atoms. The molecular weight excluding hydrogens is 296 g/mol. The molecule has 1 fully saturated rings. The van der Waals surface area contributed by atoms with Crippen molar-refractivity contribution in [1.82, 2.24) is 4.90 Å². The number of hydrogen-bond donors (Lipinski definition) is 1. The molecule has 0 aromatic heterocycles. The van der Waals surface area contributed by atoms with E-state index in [-0.39, 0.29) is 26.1 Å². The number of hydrogen-bond acceptors (Lipinski definition) is 3. The second-order valence-electron chi connectivity index (χ2n) is 5.44. The fourth-order valence-corrected chi connectivity index (χ4v) is 2.65. The Morgan fingerprint density at radius 2 is 2.00 bits per heavy atom. The van der Waals surface area contributed by atoms with Crippen LogP contribution in [-0.4, -0.2) is 48.7 Å². The number of ether oxygens (including phenoxy) is 1. The minimum absolute atomic E-state index is 0.0308. The first-order valence-corrected chi connectivity index (χ1v) is 6.78. The standard InChI is InChI=1S/C15H17F2NO4/c1-22-10-14(13(20)21)7-8-18(9-14)12(19)15(16,17)11-5-3-2-4-6-11/h2-6H,7-10H2,1H3,(H,20,21). The van der Waals surface area contributed by atoms with E-state index >= 15 is 0 Å². The summed E-state index contributed by atoms with van der Waals surface area (Å²) in [5.41, 5.74) is -1.73. The Hall–Kier alpha value is -2.02. The van der Waals surface area contributed by atoms with Gasteiger partial charge in [0.1, 0.15) is 5.41 Å². The zero-order valence-corrected chi connectivity index (χ0v) is 12.1. The van der Waals surface area contributed by atoms with Gasteiger partial charge in [-0.25, -0.2) is 0 Å². The first kappa shape index (κ1) is 16.4. The summed E-state index contributed by atoms with van der Waals surface area (Å²) in [6.45, 7) is -0.433. The van der Waals surface area contributed by atoms with E-state index < -0.39 is 28.8 Å². The number of carbonyl (C=O) groups excluding carboxylic acids is 1. The van der Waals surface area contributed by atoms with E-state index in [1.807, 2.05) is 0 Å². The van der Waals surface area contributed by atoms with Gasteiger partial charge in [0.15, 0.2) is 0 Å². The highest BCUT2D eigenvalue weighted by Gasteiger charge is 2.52. The Labute approximate surface area is 126 Å². The molecule has 1 amide bonds. The summed E-state index contributed by atoms with van der Waals surface area (Å²) in [6.07, 6.45) is 0.0901. The number of halogens is 2. The van der Waals surface area contributed by atoms with Crippen LogP contribution in [0, 0.1) is 5.41 Å². The predicted octanol–water partition coefficient (Wildman–Crippen LogP) is 1.73. The van der Waals surface area contributed by atoms with Crippen molar-refractivity contribution in [2.75, 3.05) is 26.8 Å². The molecule has 1 aromatic carbocycles. The number of aliphatic carboxylic acids is 1. The zero-order chi connectivity index (χ0) is 16.4. The van der Waals surface area contributed by atoms with E-state index in [0.29, 0.717) is 0 Å². The SMILES string of the molecule is COCC1(C(=O)O)CCN(C(=O)C(F)(F)c2ccccc2)C1. The summed E-state index contributed by atoms with van der Waals surface area (Å²) in [6, 6.07) is 6.77. The Morgan fingerprint density at radius 1 is 1.36 bits per heavy atom. The minimum Gasteiger partial charge on any atom is -0.481 e. The molecule has 1 N–H and O–H groups in total. The first-order chi connectivity index (χ1) is 10.3. The Morgan fingerprint density at radius 3 is 2.55 bits per heavy atom. The minimum atomic E-state index is -3.68. The molecule has 0 radical (unpaired) electrons. The van der Waals surface area contributed by atoms with E-state index in [0.717, 1.165) is 4.90 Å². The van der Waals surface area contributed by atoms with Crippen LogP contribution in [0.1, 0.15) is 12.0 Å². The topological polar surface area (TPSA) is 66.8 Å². The van der Waals surface area contributed by atoms with Gasteiger partial charge in [-0.1, -0.05) is 30.3 Å². The fourth-order valence-electron chi connectivity index (χ4n) is 2.65. The molecule has 0 aliphatic carbocycles. The largest absolute Gasteiger partial charge is 0.481 e. The zero-order valence-electron chi connectivity index (χ0n) is 12.1. The van der Waals surface area contributed by atoms with Crippen LogP contribution >= 0.6 is 0 Å². The summed E-state index contributed by atoms with van der Waals surface area (Å²) < 4.78 is 33.4. The highest BCUT2D eigenvalue weighted by Crippen LogP contribution is 2.36. The van der Waals surface area contributed by atoms with Gasteiger partial charge < -0.3 is 14.7 Å². The van der Waals surface area contributed by atoms with Gasteiger partial charge in [-0.05, 0) is 6.42 Å². The average Bonchev–Trinajstić information content (AvgIpc) is 2.93. The van der Waals surface area contributed by atoms with Crippen LogP contribution in [0.15, 0.2) is 30.3 Å². The summed E-state index contributed by atoms with van der Waals surface area (Å²) in [5, 5.41) is 9.31. The quantitative estimate of drug-likeness (QED) is 0.899. The number of carboxylic acid groups (broad SMARTS) is 1. The number of nitrogens with zero attached hydrogens (tertiary/aromatic N) is 1. The van der Waals surface area contributed by atoms with Gasteiger partial charge in [-0.2, -0.15) is 8.78 Å². The van der Waals surface area contributed by atoms with Gasteiger partial charge in [0.2, 0.25) is 0 Å². The van der Waals surface area contributed by atoms with Crippen molar-refractivity contribution in [3.63, 3.8) is 0 Å². The van der Waals surface area contributed by atoms with Gasteiger partial charge in [-0.3, -0.25) is 9.59 Å². The average molecular weight is 313 g/mol. The maximum Gasteiger partial charge on any atom is 0.349 e. The number of benzene rings is 1. The lowest BCUT2D eigenvalue weighted by Crippen LogP contribution is -2.44. The summed E-state index contributed by atoms with van der Waals surface area (Å²) in [4.78, 5) is 24.4. The van der Waals surface area contributed by atoms with Crippen LogP contribution in [-0.2, 0) is 20.2 Å². The third-order valence-corrected chi connectivity index (χ3v) is 3.92. The maximum absolute atomic E-state index is 14.3. The molecular formula is C15H17F2NO4. The third kappa shape index (κ3) is 2.81. The van der Waals surface area contributed by atoms with Gasteiger partial charge in [0.05, 0.1) is 6.61 Å². The van der Waals surface area contributed by atoms with E-state index in [4.69, 9.17) is 4.74 Å². The molecule has 1 unspecified atom stereocenters. The Kier molecular flexibility index (Phi) is 4.46. The third-order valence-electron chi connectivity index (χ3n) is 3.92. The number of carbonyl (C=O) groups is 2. The molecule has 0 spiro atoms. The molecule has 1 aromatic rings. The molecule has 0 saturated carbocycles. The second-order valence-corrected chi connectivity index (χ2v) is 5.44. The Balaban J connectivity index is 2.19. The molecule has 1 saturated heterocycles. The highest BCUT2D eigenvalue weighted by molar-refractivity contribution is 5.86. The van der Waals surface area contributed by atoms with Crippen molar-refractivity contribution in [2.24, 2.45) is 5.41 Å². The molecule has 1 aliphatic rings. The van der Waals surface area contributed by atoms with E-state index in [1.165, 1.54) is 31.4 Å². The lowest BCUT2D eigenvalue weighted by molar-refractivity contribution is -0.160. The number of alkyl halides is 2. The van der Waals surface area contributed by atoms with Crippen molar-refractivity contribution in [3.8, 4) is 0 Å². The molecule has 120 valence electrons. The fraction of sp³-hybridized carbons (Fsp3) is 0.467. The number of amides is 1.